The average molecular weight is 463 g/mol. The largest absolute Gasteiger partial charge is 0.494 e. The number of amides is 1. The van der Waals surface area contributed by atoms with Crippen LogP contribution in [0.2, 0.25) is 0 Å². The fraction of sp³-hybridized carbons (Fsp3) is 0.250. The van der Waals surface area contributed by atoms with E-state index in [1.807, 2.05) is 13.8 Å². The van der Waals surface area contributed by atoms with Crippen molar-refractivity contribution in [3.8, 4) is 28.9 Å². The molecular weight excluding hydrogens is 438 g/mol. The Morgan fingerprint density at radius 3 is 2.50 bits per heavy atom. The summed E-state index contributed by atoms with van der Waals surface area (Å²) in [6.07, 6.45) is 2.08. The number of aromatic amines is 1. The number of aromatic nitrogens is 4. The van der Waals surface area contributed by atoms with Gasteiger partial charge in [0.2, 0.25) is 5.95 Å². The molecule has 0 atom stereocenters. The molecule has 0 saturated carbocycles. The Morgan fingerprint density at radius 1 is 1.15 bits per heavy atom. The number of ether oxygens (including phenoxy) is 2. The summed E-state index contributed by atoms with van der Waals surface area (Å²) in [6.45, 7) is 5.89. The fourth-order valence-corrected chi connectivity index (χ4v) is 3.42. The molecule has 1 amide bonds. The Labute approximate surface area is 195 Å². The van der Waals surface area contributed by atoms with Crippen LogP contribution in [0.25, 0.3) is 17.4 Å². The van der Waals surface area contributed by atoms with Gasteiger partial charge in [-0.15, -0.1) is 0 Å². The lowest BCUT2D eigenvalue weighted by Gasteiger charge is -2.11. The van der Waals surface area contributed by atoms with Crippen LogP contribution in [-0.4, -0.2) is 38.9 Å². The summed E-state index contributed by atoms with van der Waals surface area (Å²) in [7, 11) is 0. The Bertz CT molecular complexity index is 1320. The van der Waals surface area contributed by atoms with Crippen molar-refractivity contribution in [3.63, 3.8) is 0 Å². The Kier molecular flexibility index (Phi) is 6.77. The lowest BCUT2D eigenvalue weighted by molar-refractivity contribution is -0.118. The van der Waals surface area contributed by atoms with E-state index in [0.717, 1.165) is 5.75 Å². The molecule has 10 nitrogen and oxygen atoms in total. The molecule has 0 spiro atoms. The first-order chi connectivity index (χ1) is 16.5. The molecule has 0 bridgehead atoms. The molecule has 3 aromatic heterocycles. The van der Waals surface area contributed by atoms with E-state index in [1.165, 1.54) is 10.9 Å². The number of carbonyl (C=O) groups excluding carboxylic acids is 1. The van der Waals surface area contributed by atoms with Crippen LogP contribution < -0.4 is 20.3 Å². The van der Waals surface area contributed by atoms with Gasteiger partial charge in [-0.05, 0) is 56.7 Å². The fourth-order valence-electron chi connectivity index (χ4n) is 3.42. The molecule has 34 heavy (non-hydrogen) atoms. The van der Waals surface area contributed by atoms with Crippen LogP contribution in [0.15, 0.2) is 57.9 Å². The zero-order chi connectivity index (χ0) is 24.1. The summed E-state index contributed by atoms with van der Waals surface area (Å²) >= 11 is 0. The van der Waals surface area contributed by atoms with Crippen molar-refractivity contribution in [1.82, 2.24) is 19.7 Å². The highest BCUT2D eigenvalue weighted by molar-refractivity contribution is 5.91. The van der Waals surface area contributed by atoms with Gasteiger partial charge in [-0.2, -0.15) is 9.78 Å². The zero-order valence-electron chi connectivity index (χ0n) is 19.1. The smallest absolute Gasteiger partial charge is 0.263 e. The molecule has 0 saturated heterocycles. The standard InChI is InChI=1S/C24H25N5O5/c1-4-18-15(3)25-24(27-23(18)31)29-21(13-19(28-29)20-7-6-12-33-20)26-22(30)14-34-17-10-8-16(9-11-17)32-5-2/h6-13H,4-5,14H2,1-3H3,(H,26,30)(H,25,27,31). The van der Waals surface area contributed by atoms with Gasteiger partial charge in [0.1, 0.15) is 23.0 Å². The summed E-state index contributed by atoms with van der Waals surface area (Å²) < 4.78 is 17.8. The monoisotopic (exact) mass is 463 g/mol. The Balaban J connectivity index is 1.57. The Morgan fingerprint density at radius 2 is 1.88 bits per heavy atom. The SMILES string of the molecule is CCOc1ccc(OCC(=O)Nc2cc(-c3ccco3)nn2-c2nc(C)c(CC)c(=O)[nH]2)cc1. The summed E-state index contributed by atoms with van der Waals surface area (Å²) in [6, 6.07) is 12.1. The molecule has 4 aromatic rings. The van der Waals surface area contributed by atoms with E-state index in [2.05, 4.69) is 20.4 Å². The third kappa shape index (κ3) is 5.01. The molecule has 10 heteroatoms. The predicted octanol–water partition coefficient (Wildman–Crippen LogP) is 3.50. The van der Waals surface area contributed by atoms with E-state index >= 15 is 0 Å². The van der Waals surface area contributed by atoms with Crippen LogP contribution in [0.3, 0.4) is 0 Å². The van der Waals surface area contributed by atoms with Gasteiger partial charge in [0.25, 0.3) is 11.5 Å². The second-order valence-electron chi connectivity index (χ2n) is 7.35. The average Bonchev–Trinajstić information content (AvgIpc) is 3.49. The number of hydrogen-bond acceptors (Lipinski definition) is 7. The minimum Gasteiger partial charge on any atom is -0.494 e. The van der Waals surface area contributed by atoms with E-state index < -0.39 is 5.91 Å². The number of aryl methyl sites for hydroxylation is 1. The van der Waals surface area contributed by atoms with Gasteiger partial charge in [0.15, 0.2) is 12.4 Å². The first-order valence-corrected chi connectivity index (χ1v) is 10.9. The van der Waals surface area contributed by atoms with Crippen LogP contribution >= 0.6 is 0 Å². The number of H-pyrrole nitrogens is 1. The second kappa shape index (κ2) is 10.1. The minimum absolute atomic E-state index is 0.181. The lowest BCUT2D eigenvalue weighted by atomic mass is 10.2. The number of nitrogens with zero attached hydrogens (tertiary/aromatic N) is 3. The van der Waals surface area contributed by atoms with Gasteiger partial charge in [0.05, 0.1) is 12.9 Å². The highest BCUT2D eigenvalue weighted by Gasteiger charge is 2.18. The third-order valence-corrected chi connectivity index (χ3v) is 5.02. The number of benzene rings is 1. The summed E-state index contributed by atoms with van der Waals surface area (Å²) in [5, 5.41) is 7.25. The van der Waals surface area contributed by atoms with E-state index in [1.54, 1.807) is 49.4 Å². The molecule has 1 aromatic carbocycles. The normalized spacial score (nSPS) is 10.8. The second-order valence-corrected chi connectivity index (χ2v) is 7.35. The maximum atomic E-state index is 12.7. The van der Waals surface area contributed by atoms with Crippen LogP contribution in [0.1, 0.15) is 25.1 Å². The zero-order valence-corrected chi connectivity index (χ0v) is 19.1. The molecule has 0 aliphatic carbocycles. The number of anilines is 1. The molecule has 0 unspecified atom stereocenters. The highest BCUT2D eigenvalue weighted by Crippen LogP contribution is 2.24. The molecule has 0 aliphatic rings. The quantitative estimate of drug-likeness (QED) is 0.389. The first-order valence-electron chi connectivity index (χ1n) is 10.9. The molecule has 0 radical (unpaired) electrons. The van der Waals surface area contributed by atoms with Gasteiger partial charge < -0.3 is 19.2 Å². The number of rotatable bonds is 9. The van der Waals surface area contributed by atoms with E-state index in [9.17, 15) is 9.59 Å². The molecule has 0 aliphatic heterocycles. The lowest BCUT2D eigenvalue weighted by Crippen LogP contribution is -2.24. The summed E-state index contributed by atoms with van der Waals surface area (Å²) in [5.41, 5.74) is 1.40. The number of nitrogens with one attached hydrogen (secondary N) is 2. The molecule has 0 fully saturated rings. The molecule has 3 heterocycles. The molecule has 2 N–H and O–H groups in total. The van der Waals surface area contributed by atoms with Crippen molar-refractivity contribution >= 4 is 11.7 Å². The highest BCUT2D eigenvalue weighted by atomic mass is 16.5. The van der Waals surface area contributed by atoms with Gasteiger partial charge in [0, 0.05) is 17.3 Å². The van der Waals surface area contributed by atoms with Crippen molar-refractivity contribution in [3.05, 3.63) is 70.3 Å². The molecule has 176 valence electrons. The van der Waals surface area contributed by atoms with Gasteiger partial charge in [-0.25, -0.2) is 4.98 Å². The van der Waals surface area contributed by atoms with E-state index in [0.29, 0.717) is 47.3 Å². The van der Waals surface area contributed by atoms with Crippen LogP contribution in [0.5, 0.6) is 11.5 Å². The van der Waals surface area contributed by atoms with Crippen LogP contribution in [0, 0.1) is 6.92 Å². The van der Waals surface area contributed by atoms with E-state index in [4.69, 9.17) is 13.9 Å². The van der Waals surface area contributed by atoms with Crippen molar-refractivity contribution in [2.75, 3.05) is 18.5 Å². The molecule has 4 rings (SSSR count). The first kappa shape index (κ1) is 22.8. The number of furan rings is 1. The van der Waals surface area contributed by atoms with Crippen LogP contribution in [-0.2, 0) is 11.2 Å². The van der Waals surface area contributed by atoms with Crippen molar-refractivity contribution in [2.24, 2.45) is 0 Å². The van der Waals surface area contributed by atoms with Gasteiger partial charge in [-0.1, -0.05) is 6.92 Å². The van der Waals surface area contributed by atoms with Crippen molar-refractivity contribution in [1.29, 1.82) is 0 Å². The summed E-state index contributed by atoms with van der Waals surface area (Å²) in [5.74, 6) is 1.83. The maximum Gasteiger partial charge on any atom is 0.263 e. The van der Waals surface area contributed by atoms with Gasteiger partial charge >= 0.3 is 0 Å². The van der Waals surface area contributed by atoms with E-state index in [-0.39, 0.29) is 18.1 Å². The third-order valence-electron chi connectivity index (χ3n) is 5.02. The number of carbonyl (C=O) groups is 1. The van der Waals surface area contributed by atoms with Crippen molar-refractivity contribution < 1.29 is 18.7 Å². The van der Waals surface area contributed by atoms with Crippen LogP contribution in [0.4, 0.5) is 5.82 Å². The maximum absolute atomic E-state index is 12.7. The number of hydrogen-bond donors (Lipinski definition) is 2. The Hall–Kier alpha value is -4.34. The van der Waals surface area contributed by atoms with Gasteiger partial charge in [-0.3, -0.25) is 14.6 Å². The van der Waals surface area contributed by atoms with Crippen molar-refractivity contribution in [2.45, 2.75) is 27.2 Å². The summed E-state index contributed by atoms with van der Waals surface area (Å²) in [4.78, 5) is 32.4. The molecular formula is C24H25N5O5. The topological polar surface area (TPSA) is 124 Å². The predicted molar refractivity (Wildman–Crippen MR) is 126 cm³/mol. The minimum atomic E-state index is -0.412.